The molecule has 0 radical (unpaired) electrons. The van der Waals surface area contributed by atoms with E-state index < -0.39 is 5.60 Å². The lowest BCUT2D eigenvalue weighted by molar-refractivity contribution is -0.155. The van der Waals surface area contributed by atoms with Gasteiger partial charge in [-0.3, -0.25) is 0 Å². The van der Waals surface area contributed by atoms with E-state index in [1.807, 2.05) is 0 Å². The van der Waals surface area contributed by atoms with Gasteiger partial charge in [0, 0.05) is 16.9 Å². The Morgan fingerprint density at radius 1 is 1.39 bits per heavy atom. The molecule has 1 N–H and O–H groups in total. The summed E-state index contributed by atoms with van der Waals surface area (Å²) < 4.78 is 5.39. The molecule has 0 aromatic heterocycles. The number of fused-ring (bicyclic) bond motifs is 2. The van der Waals surface area contributed by atoms with Crippen LogP contribution in [0.25, 0.3) is 0 Å². The molecule has 4 atom stereocenters. The van der Waals surface area contributed by atoms with Crippen LogP contribution >= 0.6 is 0 Å². The van der Waals surface area contributed by atoms with Crippen LogP contribution in [0.5, 0.6) is 0 Å². The maximum absolute atomic E-state index is 11.6. The monoisotopic (exact) mass is 248 g/mol. The second-order valence-corrected chi connectivity index (χ2v) is 6.36. The Balaban J connectivity index is 2.00. The summed E-state index contributed by atoms with van der Waals surface area (Å²) in [6.45, 7) is 9.99. The van der Waals surface area contributed by atoms with E-state index in [2.05, 4.69) is 20.1 Å². The van der Waals surface area contributed by atoms with Crippen LogP contribution in [0.2, 0.25) is 0 Å². The number of ether oxygens (including phenoxy) is 1. The van der Waals surface area contributed by atoms with Gasteiger partial charge < -0.3 is 9.84 Å². The van der Waals surface area contributed by atoms with Crippen molar-refractivity contribution < 1.29 is 14.6 Å². The molecule has 0 amide bonds. The molecule has 98 valence electrons. The van der Waals surface area contributed by atoms with Crippen LogP contribution in [0.15, 0.2) is 24.3 Å². The van der Waals surface area contributed by atoms with Crippen molar-refractivity contribution in [2.24, 2.45) is 11.3 Å². The Hall–Kier alpha value is -1.09. The van der Waals surface area contributed by atoms with Gasteiger partial charge in [0.1, 0.15) is 6.10 Å². The maximum atomic E-state index is 11.6. The third-order valence-electron chi connectivity index (χ3n) is 5.37. The first-order valence-corrected chi connectivity index (χ1v) is 6.68. The summed E-state index contributed by atoms with van der Waals surface area (Å²) >= 11 is 0. The highest BCUT2D eigenvalue weighted by Crippen LogP contribution is 2.58. The Labute approximate surface area is 108 Å². The quantitative estimate of drug-likeness (QED) is 0.406. The van der Waals surface area contributed by atoms with E-state index in [1.165, 1.54) is 0 Å². The van der Waals surface area contributed by atoms with Gasteiger partial charge in [0.05, 0.1) is 5.60 Å². The van der Waals surface area contributed by atoms with E-state index in [4.69, 9.17) is 4.74 Å². The van der Waals surface area contributed by atoms with E-state index in [1.54, 1.807) is 0 Å². The predicted molar refractivity (Wildman–Crippen MR) is 67.8 cm³/mol. The standard InChI is InChI=1S/C15H20O3/c1-9-5-4-6-14(3)8-12-11(7-15(9,14)17)10(2)13(16)18-12/h11-12,17H,1-2,4-8H2,3H3/t11-,12+,14-,15-/m0/s1. The molecule has 0 aromatic rings. The van der Waals surface area contributed by atoms with Crippen molar-refractivity contribution in [3.05, 3.63) is 24.3 Å². The number of carbonyl (C=O) groups is 1. The van der Waals surface area contributed by atoms with Gasteiger partial charge in [0.2, 0.25) is 0 Å². The molecule has 18 heavy (non-hydrogen) atoms. The van der Waals surface area contributed by atoms with Gasteiger partial charge in [0.15, 0.2) is 0 Å². The Morgan fingerprint density at radius 3 is 2.83 bits per heavy atom. The molecule has 2 aliphatic carbocycles. The van der Waals surface area contributed by atoms with Gasteiger partial charge in [-0.05, 0) is 37.7 Å². The van der Waals surface area contributed by atoms with Crippen LogP contribution in [0.3, 0.4) is 0 Å². The molecule has 0 spiro atoms. The average molecular weight is 248 g/mol. The van der Waals surface area contributed by atoms with Crippen molar-refractivity contribution >= 4 is 5.97 Å². The zero-order valence-electron chi connectivity index (χ0n) is 10.9. The molecular weight excluding hydrogens is 228 g/mol. The van der Waals surface area contributed by atoms with Crippen LogP contribution < -0.4 is 0 Å². The van der Waals surface area contributed by atoms with Crippen LogP contribution in [0.4, 0.5) is 0 Å². The van der Waals surface area contributed by atoms with Crippen molar-refractivity contribution in [2.45, 2.75) is 50.7 Å². The van der Waals surface area contributed by atoms with Gasteiger partial charge in [-0.1, -0.05) is 20.1 Å². The van der Waals surface area contributed by atoms with Gasteiger partial charge >= 0.3 is 5.97 Å². The highest BCUT2D eigenvalue weighted by molar-refractivity contribution is 5.91. The minimum atomic E-state index is -0.858. The molecule has 1 aliphatic heterocycles. The lowest BCUT2D eigenvalue weighted by Gasteiger charge is -2.55. The van der Waals surface area contributed by atoms with Crippen molar-refractivity contribution in [1.82, 2.24) is 0 Å². The number of hydrogen-bond donors (Lipinski definition) is 1. The summed E-state index contributed by atoms with van der Waals surface area (Å²) in [6, 6.07) is 0. The fourth-order valence-corrected chi connectivity index (χ4v) is 4.07. The van der Waals surface area contributed by atoms with Crippen molar-refractivity contribution in [3.8, 4) is 0 Å². The molecule has 1 saturated heterocycles. The van der Waals surface area contributed by atoms with Gasteiger partial charge in [-0.2, -0.15) is 0 Å². The maximum Gasteiger partial charge on any atom is 0.334 e. The van der Waals surface area contributed by atoms with Gasteiger partial charge in [0.25, 0.3) is 0 Å². The number of rotatable bonds is 0. The van der Waals surface area contributed by atoms with Crippen LogP contribution in [-0.2, 0) is 9.53 Å². The molecule has 0 bridgehead atoms. The summed E-state index contributed by atoms with van der Waals surface area (Å²) in [6.07, 6.45) is 4.07. The molecule has 3 heteroatoms. The van der Waals surface area contributed by atoms with Gasteiger partial charge in [-0.15, -0.1) is 0 Å². The third-order valence-corrected chi connectivity index (χ3v) is 5.37. The zero-order valence-corrected chi connectivity index (χ0v) is 10.9. The minimum absolute atomic E-state index is 0.0366. The summed E-state index contributed by atoms with van der Waals surface area (Å²) in [4.78, 5) is 11.6. The van der Waals surface area contributed by atoms with E-state index in [-0.39, 0.29) is 23.4 Å². The summed E-state index contributed by atoms with van der Waals surface area (Å²) in [5.74, 6) is -0.327. The first-order chi connectivity index (χ1) is 8.37. The van der Waals surface area contributed by atoms with E-state index in [9.17, 15) is 9.90 Å². The molecule has 3 rings (SSSR count). The number of hydrogen-bond acceptors (Lipinski definition) is 3. The molecule has 0 unspecified atom stereocenters. The van der Waals surface area contributed by atoms with Crippen LogP contribution in [-0.4, -0.2) is 22.8 Å². The van der Waals surface area contributed by atoms with Gasteiger partial charge in [-0.25, -0.2) is 4.79 Å². The van der Waals surface area contributed by atoms with E-state index in [0.717, 1.165) is 31.3 Å². The fraction of sp³-hybridized carbons (Fsp3) is 0.667. The van der Waals surface area contributed by atoms with Crippen molar-refractivity contribution in [3.63, 3.8) is 0 Å². The first kappa shape index (κ1) is 12.0. The summed E-state index contributed by atoms with van der Waals surface area (Å²) in [5.41, 5.74) is 0.369. The second-order valence-electron chi connectivity index (χ2n) is 6.36. The fourth-order valence-electron chi connectivity index (χ4n) is 4.07. The average Bonchev–Trinajstić information content (AvgIpc) is 2.55. The van der Waals surface area contributed by atoms with E-state index in [0.29, 0.717) is 12.0 Å². The topological polar surface area (TPSA) is 46.5 Å². The smallest absolute Gasteiger partial charge is 0.334 e. The van der Waals surface area contributed by atoms with E-state index >= 15 is 0 Å². The Bertz CT molecular complexity index is 453. The lowest BCUT2D eigenvalue weighted by atomic mass is 9.53. The Morgan fingerprint density at radius 2 is 2.11 bits per heavy atom. The second kappa shape index (κ2) is 3.47. The number of esters is 1. The number of aliphatic hydroxyl groups is 1. The molecule has 2 saturated carbocycles. The van der Waals surface area contributed by atoms with Crippen LogP contribution in [0, 0.1) is 11.3 Å². The predicted octanol–water partition coefficient (Wildman–Crippen LogP) is 2.36. The van der Waals surface area contributed by atoms with Crippen molar-refractivity contribution in [2.75, 3.05) is 0 Å². The van der Waals surface area contributed by atoms with Crippen molar-refractivity contribution in [1.29, 1.82) is 0 Å². The zero-order chi connectivity index (χ0) is 13.1. The summed E-state index contributed by atoms with van der Waals surface area (Å²) in [7, 11) is 0. The SMILES string of the molecule is C=C1C(=O)O[C@@H]2C[C@]3(C)CCCC(=C)[C@@]3(O)C[C@@H]12. The largest absolute Gasteiger partial charge is 0.458 e. The lowest BCUT2D eigenvalue weighted by Crippen LogP contribution is -2.57. The normalized spacial score (nSPS) is 47.6. The third kappa shape index (κ3) is 1.31. The highest BCUT2D eigenvalue weighted by atomic mass is 16.6. The number of carbonyl (C=O) groups excluding carboxylic acids is 1. The molecular formula is C15H20O3. The molecule has 1 heterocycles. The molecule has 3 nitrogen and oxygen atoms in total. The Kier molecular flexibility index (Phi) is 2.31. The van der Waals surface area contributed by atoms with Crippen LogP contribution in [0.1, 0.15) is 39.0 Å². The highest BCUT2D eigenvalue weighted by Gasteiger charge is 2.60. The first-order valence-electron chi connectivity index (χ1n) is 6.68. The minimum Gasteiger partial charge on any atom is -0.458 e. The summed E-state index contributed by atoms with van der Waals surface area (Å²) in [5, 5.41) is 11.1. The molecule has 0 aromatic carbocycles. The molecule has 3 fully saturated rings. The molecule has 3 aliphatic rings.